The van der Waals surface area contributed by atoms with Gasteiger partial charge in [-0.15, -0.1) is 0 Å². The van der Waals surface area contributed by atoms with E-state index in [-0.39, 0.29) is 27.9 Å². The van der Waals surface area contributed by atoms with E-state index in [1.807, 2.05) is 16.8 Å². The predicted octanol–water partition coefficient (Wildman–Crippen LogP) is 4.75. The third-order valence-electron chi connectivity index (χ3n) is 6.72. The number of anilines is 4. The lowest BCUT2D eigenvalue weighted by Gasteiger charge is -2.24. The highest BCUT2D eigenvalue weighted by molar-refractivity contribution is 7.90. The van der Waals surface area contributed by atoms with Crippen molar-refractivity contribution < 1.29 is 26.7 Å². The lowest BCUT2D eigenvalue weighted by molar-refractivity contribution is 0.0148. The van der Waals surface area contributed by atoms with Crippen molar-refractivity contribution in [1.82, 2.24) is 24.7 Å². The molecule has 206 valence electrons. The Morgan fingerprint density at radius 3 is 2.69 bits per heavy atom. The molecule has 11 nitrogen and oxygen atoms in total. The second-order valence-electron chi connectivity index (χ2n) is 9.60. The molecular weight excluding hydrogens is 532 g/mol. The van der Waals surface area contributed by atoms with E-state index in [0.717, 1.165) is 36.8 Å². The molecule has 0 radical (unpaired) electrons. The third-order valence-corrected chi connectivity index (χ3v) is 7.86. The SMILES string of the molecule is CS(=O)(=O)c1cc(C2CCCCO2)ccc1Nc1cc(Nc2cc3n(n2)CCOC3)nc2[nH]c(C(F)F)nc12. The molecule has 14 heteroatoms. The Balaban J connectivity index is 1.39. The molecule has 2 aliphatic heterocycles. The molecule has 39 heavy (non-hydrogen) atoms. The van der Waals surface area contributed by atoms with Gasteiger partial charge >= 0.3 is 0 Å². The number of hydrogen-bond acceptors (Lipinski definition) is 9. The number of ether oxygens (including phenoxy) is 2. The number of H-pyrrole nitrogens is 1. The Labute approximate surface area is 222 Å². The molecule has 1 atom stereocenters. The zero-order valence-electron chi connectivity index (χ0n) is 21.1. The fraction of sp³-hybridized carbons (Fsp3) is 0.400. The van der Waals surface area contributed by atoms with Crippen molar-refractivity contribution in [3.05, 3.63) is 47.4 Å². The van der Waals surface area contributed by atoms with Crippen molar-refractivity contribution in [2.75, 3.05) is 30.1 Å². The summed E-state index contributed by atoms with van der Waals surface area (Å²) in [5.74, 6) is 0.273. The predicted molar refractivity (Wildman–Crippen MR) is 139 cm³/mol. The monoisotopic (exact) mass is 559 g/mol. The van der Waals surface area contributed by atoms with Crippen LogP contribution in [0.5, 0.6) is 0 Å². The molecule has 3 aromatic heterocycles. The second kappa shape index (κ2) is 10.2. The molecule has 3 N–H and O–H groups in total. The van der Waals surface area contributed by atoms with Gasteiger partial charge in [-0.1, -0.05) is 6.07 Å². The molecule has 0 spiro atoms. The molecule has 5 heterocycles. The molecule has 4 aromatic rings. The number of fused-ring (bicyclic) bond motifs is 2. The number of rotatable bonds is 7. The summed E-state index contributed by atoms with van der Waals surface area (Å²) in [6.07, 6.45) is 0.892. The fourth-order valence-electron chi connectivity index (χ4n) is 4.85. The molecule has 1 aromatic carbocycles. The van der Waals surface area contributed by atoms with E-state index in [9.17, 15) is 17.2 Å². The van der Waals surface area contributed by atoms with Crippen molar-refractivity contribution in [1.29, 1.82) is 0 Å². The number of benzene rings is 1. The van der Waals surface area contributed by atoms with Crippen LogP contribution in [0, 0.1) is 0 Å². The van der Waals surface area contributed by atoms with Crippen LogP contribution in [0.1, 0.15) is 48.9 Å². The summed E-state index contributed by atoms with van der Waals surface area (Å²) in [5, 5.41) is 10.7. The molecule has 1 fully saturated rings. The summed E-state index contributed by atoms with van der Waals surface area (Å²) in [6.45, 7) is 2.24. The topological polar surface area (TPSA) is 136 Å². The van der Waals surface area contributed by atoms with Crippen LogP contribution in [0.4, 0.5) is 31.8 Å². The first-order chi connectivity index (χ1) is 18.7. The summed E-state index contributed by atoms with van der Waals surface area (Å²) in [6, 6.07) is 8.49. The average Bonchev–Trinajstić information content (AvgIpc) is 3.53. The number of alkyl halides is 2. The first-order valence-corrected chi connectivity index (χ1v) is 14.5. The van der Waals surface area contributed by atoms with Crippen LogP contribution >= 0.6 is 0 Å². The van der Waals surface area contributed by atoms with Crippen LogP contribution in [0.15, 0.2) is 35.2 Å². The minimum absolute atomic E-state index is 0.0695. The molecule has 0 bridgehead atoms. The van der Waals surface area contributed by atoms with Crippen LogP contribution in [0.3, 0.4) is 0 Å². The van der Waals surface area contributed by atoms with Crippen molar-refractivity contribution >= 4 is 44.0 Å². The largest absolute Gasteiger partial charge is 0.374 e. The van der Waals surface area contributed by atoms with Gasteiger partial charge in [0.2, 0.25) is 0 Å². The first kappa shape index (κ1) is 25.6. The molecule has 0 aliphatic carbocycles. The molecular formula is C25H27F2N7O4S. The van der Waals surface area contributed by atoms with Gasteiger partial charge in [0.25, 0.3) is 6.43 Å². The zero-order chi connectivity index (χ0) is 27.1. The number of halogens is 2. The Hall–Kier alpha value is -3.62. The van der Waals surface area contributed by atoms with Gasteiger partial charge in [0.15, 0.2) is 27.1 Å². The summed E-state index contributed by atoms with van der Waals surface area (Å²) >= 11 is 0. The number of aromatic nitrogens is 5. The van der Waals surface area contributed by atoms with Crippen LogP contribution in [0.2, 0.25) is 0 Å². The number of nitrogens with one attached hydrogen (secondary N) is 3. The van der Waals surface area contributed by atoms with E-state index in [1.165, 1.54) is 0 Å². The number of pyridine rings is 1. The van der Waals surface area contributed by atoms with Gasteiger partial charge in [-0.25, -0.2) is 27.2 Å². The normalized spacial score (nSPS) is 17.9. The smallest absolute Gasteiger partial charge is 0.295 e. The van der Waals surface area contributed by atoms with Crippen molar-refractivity contribution in [3.63, 3.8) is 0 Å². The van der Waals surface area contributed by atoms with Gasteiger partial charge in [-0.05, 0) is 37.0 Å². The highest BCUT2D eigenvalue weighted by Gasteiger charge is 2.23. The van der Waals surface area contributed by atoms with Crippen LogP contribution in [-0.4, -0.2) is 52.6 Å². The molecule has 2 aliphatic rings. The molecule has 0 amide bonds. The highest BCUT2D eigenvalue weighted by atomic mass is 32.2. The number of aromatic amines is 1. The van der Waals surface area contributed by atoms with E-state index in [4.69, 9.17) is 9.47 Å². The lowest BCUT2D eigenvalue weighted by atomic mass is 10.0. The maximum absolute atomic E-state index is 13.5. The Bertz CT molecular complexity index is 1610. The van der Waals surface area contributed by atoms with Gasteiger partial charge in [0.1, 0.15) is 11.3 Å². The maximum Gasteiger partial charge on any atom is 0.295 e. The number of imidazole rings is 1. The standard InChI is InChI=1S/C25H27F2N7O4S/c1-39(35,36)19-10-14(18-4-2-3-8-38-18)5-6-16(19)28-17-12-20(30-24-22(17)31-25(32-24)23(26)27)29-21-11-15-13-37-9-7-34(15)33-21/h5-6,10-12,18,23H,2-4,7-9,13H2,1H3,(H3,28,29,30,31,32,33). The van der Waals surface area contributed by atoms with Gasteiger partial charge in [-0.3, -0.25) is 4.68 Å². The summed E-state index contributed by atoms with van der Waals surface area (Å²) in [5.41, 5.74) is 2.50. The first-order valence-electron chi connectivity index (χ1n) is 12.6. The summed E-state index contributed by atoms with van der Waals surface area (Å²) < 4.78 is 65.7. The molecule has 0 saturated carbocycles. The lowest BCUT2D eigenvalue weighted by Crippen LogP contribution is -2.16. The van der Waals surface area contributed by atoms with Crippen LogP contribution in [-0.2, 0) is 32.5 Å². The summed E-state index contributed by atoms with van der Waals surface area (Å²) in [4.78, 5) is 11.1. The Kier molecular flexibility index (Phi) is 6.69. The number of hydrogen-bond donors (Lipinski definition) is 3. The quantitative estimate of drug-likeness (QED) is 0.293. The van der Waals surface area contributed by atoms with E-state index in [1.54, 1.807) is 18.2 Å². The van der Waals surface area contributed by atoms with E-state index < -0.39 is 22.1 Å². The van der Waals surface area contributed by atoms with Gasteiger partial charge in [-0.2, -0.15) is 5.10 Å². The van der Waals surface area contributed by atoms with E-state index in [0.29, 0.717) is 43.7 Å². The van der Waals surface area contributed by atoms with E-state index in [2.05, 4.69) is 30.7 Å². The van der Waals surface area contributed by atoms with Crippen LogP contribution in [0.25, 0.3) is 11.2 Å². The van der Waals surface area contributed by atoms with Crippen molar-refractivity contribution in [2.45, 2.75) is 49.8 Å². The number of nitrogens with zero attached hydrogens (tertiary/aromatic N) is 4. The molecule has 6 rings (SSSR count). The summed E-state index contributed by atoms with van der Waals surface area (Å²) in [7, 11) is -3.66. The van der Waals surface area contributed by atoms with Crippen molar-refractivity contribution in [3.8, 4) is 0 Å². The molecule has 1 unspecified atom stereocenters. The van der Waals surface area contributed by atoms with Gasteiger partial charge in [0, 0.05) is 25.0 Å². The van der Waals surface area contributed by atoms with Gasteiger partial charge < -0.3 is 25.1 Å². The zero-order valence-corrected chi connectivity index (χ0v) is 21.9. The second-order valence-corrected chi connectivity index (χ2v) is 11.6. The Morgan fingerprint density at radius 1 is 1.08 bits per heavy atom. The van der Waals surface area contributed by atoms with Crippen molar-refractivity contribution in [2.24, 2.45) is 0 Å². The fourth-order valence-corrected chi connectivity index (χ4v) is 5.72. The highest BCUT2D eigenvalue weighted by Crippen LogP contribution is 2.36. The number of sulfone groups is 1. The van der Waals surface area contributed by atoms with Gasteiger partial charge in [0.05, 0.1) is 47.8 Å². The molecule has 1 saturated heterocycles. The minimum atomic E-state index is -3.66. The average molecular weight is 560 g/mol. The van der Waals surface area contributed by atoms with Crippen LogP contribution < -0.4 is 10.6 Å². The maximum atomic E-state index is 13.5. The third kappa shape index (κ3) is 5.31. The minimum Gasteiger partial charge on any atom is -0.374 e. The van der Waals surface area contributed by atoms with E-state index >= 15 is 0 Å². The Morgan fingerprint density at radius 2 is 1.95 bits per heavy atom.